The Morgan fingerprint density at radius 2 is 2.14 bits per heavy atom. The van der Waals surface area contributed by atoms with Crippen molar-refractivity contribution in [3.8, 4) is 11.5 Å². The van der Waals surface area contributed by atoms with Crippen LogP contribution in [-0.4, -0.2) is 25.7 Å². The molecule has 2 radical (unpaired) electrons. The minimum absolute atomic E-state index is 0.0394. The molecule has 1 aromatic carbocycles. The summed E-state index contributed by atoms with van der Waals surface area (Å²) in [6.45, 7) is -0.153. The van der Waals surface area contributed by atoms with Crippen LogP contribution in [-0.2, 0) is 0 Å². The van der Waals surface area contributed by atoms with Crippen LogP contribution in [0.1, 0.15) is 10.4 Å². The molecule has 6 heteroatoms. The minimum Gasteiger partial charge on any atom is -0.478 e. The number of aromatic carboxylic acids is 1. The summed E-state index contributed by atoms with van der Waals surface area (Å²) in [6.07, 6.45) is 0. The molecule has 0 saturated heterocycles. The number of carbonyl (C=O) groups is 1. The van der Waals surface area contributed by atoms with Gasteiger partial charge in [-0.3, -0.25) is 0 Å². The van der Waals surface area contributed by atoms with Crippen molar-refractivity contribution in [1.29, 1.82) is 0 Å². The van der Waals surface area contributed by atoms with Crippen LogP contribution in [0.25, 0.3) is 0 Å². The second kappa shape index (κ2) is 2.90. The maximum Gasteiger partial charge on any atom is 0.335 e. The zero-order valence-electron chi connectivity index (χ0n) is 6.91. The Morgan fingerprint density at radius 3 is 2.79 bits per heavy atom. The molecule has 0 amide bonds. The van der Waals surface area contributed by atoms with E-state index in [2.05, 4.69) is 0 Å². The minimum atomic E-state index is -1.31. The molecule has 0 fully saturated rings. The summed E-state index contributed by atoms with van der Waals surface area (Å²) in [5.41, 5.74) is -0.446. The molecule has 0 aromatic heterocycles. The van der Waals surface area contributed by atoms with E-state index in [9.17, 15) is 9.18 Å². The first kappa shape index (κ1) is 8.86. The van der Waals surface area contributed by atoms with Gasteiger partial charge in [0.2, 0.25) is 12.5 Å². The summed E-state index contributed by atoms with van der Waals surface area (Å²) in [4.78, 5) is 10.6. The smallest absolute Gasteiger partial charge is 0.335 e. The van der Waals surface area contributed by atoms with Crippen molar-refractivity contribution in [3.63, 3.8) is 0 Å². The molecule has 14 heavy (non-hydrogen) atoms. The summed E-state index contributed by atoms with van der Waals surface area (Å²) in [7, 11) is 5.45. The monoisotopic (exact) mass is 194 g/mol. The molecule has 70 valence electrons. The summed E-state index contributed by atoms with van der Waals surface area (Å²) < 4.78 is 22.8. The van der Waals surface area contributed by atoms with E-state index >= 15 is 0 Å². The van der Waals surface area contributed by atoms with E-state index in [1.165, 1.54) is 0 Å². The van der Waals surface area contributed by atoms with Crippen molar-refractivity contribution < 1.29 is 23.8 Å². The Morgan fingerprint density at radius 1 is 1.50 bits per heavy atom. The second-order valence-electron chi connectivity index (χ2n) is 2.69. The number of hydrogen-bond donors (Lipinski definition) is 1. The maximum atomic E-state index is 13.2. The number of halogens is 1. The number of hydrogen-bond acceptors (Lipinski definition) is 3. The molecular formula is C8H4BFO4. The van der Waals surface area contributed by atoms with Crippen LogP contribution in [0.2, 0.25) is 0 Å². The topological polar surface area (TPSA) is 55.8 Å². The summed E-state index contributed by atoms with van der Waals surface area (Å²) in [5.74, 6) is -2.27. The van der Waals surface area contributed by atoms with Crippen molar-refractivity contribution in [2.45, 2.75) is 0 Å². The van der Waals surface area contributed by atoms with Gasteiger partial charge in [0.05, 0.1) is 5.56 Å². The Kier molecular flexibility index (Phi) is 1.84. The van der Waals surface area contributed by atoms with Crippen LogP contribution in [0.4, 0.5) is 4.39 Å². The molecule has 0 unspecified atom stereocenters. The molecule has 0 atom stereocenters. The van der Waals surface area contributed by atoms with Crippen molar-refractivity contribution in [3.05, 3.63) is 17.4 Å². The maximum absolute atomic E-state index is 13.2. The highest BCUT2D eigenvalue weighted by Gasteiger charge is 2.24. The quantitative estimate of drug-likeness (QED) is 0.641. The van der Waals surface area contributed by atoms with Gasteiger partial charge in [-0.1, -0.05) is 0 Å². The SMILES string of the molecule is [B]c1c(C(=O)O)cc(F)c2c1OCO2. The molecule has 0 saturated carbocycles. The lowest BCUT2D eigenvalue weighted by Gasteiger charge is -2.05. The fourth-order valence-corrected chi connectivity index (χ4v) is 1.23. The van der Waals surface area contributed by atoms with E-state index in [1.54, 1.807) is 0 Å². The lowest BCUT2D eigenvalue weighted by Crippen LogP contribution is -2.17. The summed E-state index contributed by atoms with van der Waals surface area (Å²) in [5, 5.41) is 8.68. The van der Waals surface area contributed by atoms with Gasteiger partial charge in [0.15, 0.2) is 11.6 Å². The van der Waals surface area contributed by atoms with Crippen LogP contribution >= 0.6 is 0 Å². The number of rotatable bonds is 1. The van der Waals surface area contributed by atoms with E-state index in [4.69, 9.17) is 22.4 Å². The number of ether oxygens (including phenoxy) is 2. The van der Waals surface area contributed by atoms with Gasteiger partial charge in [0.25, 0.3) is 0 Å². The molecule has 1 heterocycles. The molecule has 0 spiro atoms. The van der Waals surface area contributed by atoms with E-state index in [1.807, 2.05) is 0 Å². The van der Waals surface area contributed by atoms with Gasteiger partial charge in [-0.15, -0.1) is 0 Å². The van der Waals surface area contributed by atoms with E-state index < -0.39 is 11.8 Å². The van der Waals surface area contributed by atoms with Crippen LogP contribution in [0.15, 0.2) is 6.07 Å². The molecular weight excluding hydrogens is 190 g/mol. The zero-order valence-corrected chi connectivity index (χ0v) is 6.91. The first-order valence-electron chi connectivity index (χ1n) is 3.72. The third kappa shape index (κ3) is 1.11. The highest BCUT2D eigenvalue weighted by molar-refractivity contribution is 6.38. The molecule has 0 aliphatic carbocycles. The van der Waals surface area contributed by atoms with Crippen molar-refractivity contribution in [1.82, 2.24) is 0 Å². The summed E-state index contributed by atoms with van der Waals surface area (Å²) in [6, 6.07) is 0.811. The first-order valence-corrected chi connectivity index (χ1v) is 3.72. The van der Waals surface area contributed by atoms with Gasteiger partial charge in [0.1, 0.15) is 7.85 Å². The molecule has 1 aliphatic rings. The number of fused-ring (bicyclic) bond motifs is 1. The average Bonchev–Trinajstić information content (AvgIpc) is 2.59. The first-order chi connectivity index (χ1) is 6.61. The predicted octanol–water partition coefficient (Wildman–Crippen LogP) is 0.0464. The van der Waals surface area contributed by atoms with Gasteiger partial charge in [-0.25, -0.2) is 9.18 Å². The summed E-state index contributed by atoms with van der Waals surface area (Å²) >= 11 is 0. The molecule has 1 aliphatic heterocycles. The van der Waals surface area contributed by atoms with Gasteiger partial charge in [-0.2, -0.15) is 0 Å². The third-order valence-electron chi connectivity index (χ3n) is 1.87. The Labute approximate surface area is 79.7 Å². The number of benzene rings is 1. The average molecular weight is 194 g/mol. The van der Waals surface area contributed by atoms with Crippen LogP contribution < -0.4 is 14.9 Å². The normalized spacial score (nSPS) is 12.9. The zero-order chi connectivity index (χ0) is 10.3. The van der Waals surface area contributed by atoms with Crippen LogP contribution in [0.5, 0.6) is 11.5 Å². The molecule has 1 N–H and O–H groups in total. The van der Waals surface area contributed by atoms with E-state index in [0.717, 1.165) is 6.07 Å². The molecule has 0 bridgehead atoms. The number of carboxylic acid groups (broad SMARTS) is 1. The predicted molar refractivity (Wildman–Crippen MR) is 44.9 cm³/mol. The molecule has 2 rings (SSSR count). The van der Waals surface area contributed by atoms with Crippen LogP contribution in [0.3, 0.4) is 0 Å². The fourth-order valence-electron chi connectivity index (χ4n) is 1.23. The van der Waals surface area contributed by atoms with Gasteiger partial charge >= 0.3 is 5.97 Å². The lowest BCUT2D eigenvalue weighted by molar-refractivity contribution is 0.0697. The Bertz CT molecular complexity index is 418. The van der Waals surface area contributed by atoms with E-state index in [0.29, 0.717) is 0 Å². The Balaban J connectivity index is 2.68. The lowest BCUT2D eigenvalue weighted by atomic mass is 9.89. The second-order valence-corrected chi connectivity index (χ2v) is 2.69. The number of carboxylic acids is 1. The standard InChI is InChI=1S/C8H4BFO4/c9-5-3(8(11)12)1-4(10)6-7(5)14-2-13-6/h1H,2H2,(H,11,12). The highest BCUT2D eigenvalue weighted by Crippen LogP contribution is 2.33. The largest absolute Gasteiger partial charge is 0.478 e. The highest BCUT2D eigenvalue weighted by atomic mass is 19.1. The Hall–Kier alpha value is -1.72. The van der Waals surface area contributed by atoms with E-state index in [-0.39, 0.29) is 29.3 Å². The van der Waals surface area contributed by atoms with Crippen molar-refractivity contribution in [2.75, 3.05) is 6.79 Å². The van der Waals surface area contributed by atoms with Gasteiger partial charge < -0.3 is 14.6 Å². The van der Waals surface area contributed by atoms with Crippen molar-refractivity contribution >= 4 is 19.3 Å². The van der Waals surface area contributed by atoms with Crippen LogP contribution in [0, 0.1) is 5.82 Å². The van der Waals surface area contributed by atoms with Gasteiger partial charge in [-0.05, 0) is 11.5 Å². The fraction of sp³-hybridized carbons (Fsp3) is 0.125. The molecule has 4 nitrogen and oxygen atoms in total. The third-order valence-corrected chi connectivity index (χ3v) is 1.87. The molecule has 1 aromatic rings. The van der Waals surface area contributed by atoms with Crippen molar-refractivity contribution in [2.24, 2.45) is 0 Å². The van der Waals surface area contributed by atoms with Gasteiger partial charge in [0, 0.05) is 0 Å².